The molecule has 3 N–H and O–H groups in total. The first-order valence-corrected chi connectivity index (χ1v) is 5.44. The first kappa shape index (κ1) is 13.1. The van der Waals surface area contributed by atoms with Crippen molar-refractivity contribution in [1.82, 2.24) is 10.4 Å². The van der Waals surface area contributed by atoms with Crippen LogP contribution in [0.3, 0.4) is 0 Å². The Morgan fingerprint density at radius 2 is 2.19 bits per heavy atom. The summed E-state index contributed by atoms with van der Waals surface area (Å²) >= 11 is 0. The van der Waals surface area contributed by atoms with Crippen molar-refractivity contribution in [2.24, 2.45) is 5.84 Å². The van der Waals surface area contributed by atoms with Crippen LogP contribution in [0.25, 0.3) is 0 Å². The molecule has 0 aromatic carbocycles. The van der Waals surface area contributed by atoms with E-state index in [4.69, 9.17) is 10.6 Å². The van der Waals surface area contributed by atoms with Crippen LogP contribution in [0.4, 0.5) is 0 Å². The van der Waals surface area contributed by atoms with Crippen molar-refractivity contribution in [3.05, 3.63) is 29.6 Å². The van der Waals surface area contributed by atoms with E-state index in [2.05, 4.69) is 10.4 Å². The number of hydrogen-bond donors (Lipinski definition) is 2. The van der Waals surface area contributed by atoms with Crippen molar-refractivity contribution < 1.29 is 4.74 Å². The molecule has 1 rings (SSSR count). The average molecular weight is 223 g/mol. The molecule has 4 nitrogen and oxygen atoms in total. The quantitative estimate of drug-likeness (QED) is 0.602. The van der Waals surface area contributed by atoms with Crippen LogP contribution in [-0.2, 0) is 4.74 Å². The molecule has 4 heteroatoms. The van der Waals surface area contributed by atoms with Crippen LogP contribution >= 0.6 is 0 Å². The van der Waals surface area contributed by atoms with E-state index in [-0.39, 0.29) is 11.6 Å². The monoisotopic (exact) mass is 223 g/mol. The van der Waals surface area contributed by atoms with Gasteiger partial charge in [0, 0.05) is 12.4 Å². The van der Waals surface area contributed by atoms with Crippen LogP contribution in [0.2, 0.25) is 0 Å². The number of nitrogens with zero attached hydrogens (tertiary/aromatic N) is 1. The Bertz CT molecular complexity index is 333. The van der Waals surface area contributed by atoms with E-state index in [0.717, 1.165) is 11.1 Å². The van der Waals surface area contributed by atoms with Crippen LogP contribution in [0.1, 0.15) is 37.9 Å². The minimum absolute atomic E-state index is 0.0204. The van der Waals surface area contributed by atoms with Gasteiger partial charge in [0.05, 0.1) is 18.2 Å². The van der Waals surface area contributed by atoms with E-state index < -0.39 is 0 Å². The molecule has 1 atom stereocenters. The highest BCUT2D eigenvalue weighted by Gasteiger charge is 2.17. The molecule has 0 aliphatic carbocycles. The van der Waals surface area contributed by atoms with Gasteiger partial charge in [-0.05, 0) is 44.9 Å². The van der Waals surface area contributed by atoms with Crippen LogP contribution in [-0.4, -0.2) is 17.2 Å². The molecule has 1 heterocycles. The number of nitrogens with one attached hydrogen (secondary N) is 1. The fraction of sp³-hybridized carbons (Fsp3) is 0.583. The maximum Gasteiger partial charge on any atom is 0.0711 e. The number of pyridine rings is 1. The molecule has 1 unspecified atom stereocenters. The van der Waals surface area contributed by atoms with E-state index in [9.17, 15) is 0 Å². The predicted molar refractivity (Wildman–Crippen MR) is 64.7 cm³/mol. The zero-order chi connectivity index (χ0) is 12.2. The highest BCUT2D eigenvalue weighted by molar-refractivity contribution is 5.24. The summed E-state index contributed by atoms with van der Waals surface area (Å²) in [6, 6.07) is 1.95. The van der Waals surface area contributed by atoms with Gasteiger partial charge >= 0.3 is 0 Å². The maximum atomic E-state index is 5.72. The molecule has 0 amide bonds. The van der Waals surface area contributed by atoms with E-state index in [1.165, 1.54) is 0 Å². The van der Waals surface area contributed by atoms with Gasteiger partial charge < -0.3 is 4.74 Å². The Morgan fingerprint density at radius 3 is 2.69 bits per heavy atom. The molecule has 0 saturated heterocycles. The second-order valence-electron chi connectivity index (χ2n) is 4.87. The number of rotatable bonds is 4. The summed E-state index contributed by atoms with van der Waals surface area (Å²) in [5, 5.41) is 0. The summed E-state index contributed by atoms with van der Waals surface area (Å²) in [6.07, 6.45) is 3.60. The lowest BCUT2D eigenvalue weighted by molar-refractivity contribution is -0.0149. The maximum absolute atomic E-state index is 5.72. The van der Waals surface area contributed by atoms with Crippen LogP contribution in [0.15, 0.2) is 18.5 Å². The molecule has 1 aromatic rings. The van der Waals surface area contributed by atoms with Crippen LogP contribution in [0.5, 0.6) is 0 Å². The number of hydrazine groups is 1. The third-order valence-electron chi connectivity index (χ3n) is 2.34. The van der Waals surface area contributed by atoms with Gasteiger partial charge in [-0.1, -0.05) is 0 Å². The SMILES string of the molecule is Cc1ccncc1C(COC(C)(C)C)NN. The number of nitrogens with two attached hydrogens (primary N) is 1. The lowest BCUT2D eigenvalue weighted by Gasteiger charge is -2.24. The standard InChI is InChI=1S/C12H21N3O/c1-9-5-6-14-7-10(9)11(15-13)8-16-12(2,3)4/h5-7,11,15H,8,13H2,1-4H3. The summed E-state index contributed by atoms with van der Waals surface area (Å²) in [7, 11) is 0. The number of hydrogen-bond acceptors (Lipinski definition) is 4. The van der Waals surface area contributed by atoms with Crippen molar-refractivity contribution in [3.63, 3.8) is 0 Å². The first-order chi connectivity index (χ1) is 7.44. The van der Waals surface area contributed by atoms with Crippen molar-refractivity contribution in [2.45, 2.75) is 39.3 Å². The van der Waals surface area contributed by atoms with Crippen LogP contribution in [0, 0.1) is 6.92 Å². The van der Waals surface area contributed by atoms with Gasteiger partial charge in [0.15, 0.2) is 0 Å². The van der Waals surface area contributed by atoms with Gasteiger partial charge in [-0.2, -0.15) is 0 Å². The van der Waals surface area contributed by atoms with E-state index >= 15 is 0 Å². The molecule has 0 aliphatic heterocycles. The smallest absolute Gasteiger partial charge is 0.0711 e. The van der Waals surface area contributed by atoms with Gasteiger partial charge in [0.1, 0.15) is 0 Å². The Kier molecular flexibility index (Phi) is 4.41. The Hall–Kier alpha value is -0.970. The third kappa shape index (κ3) is 3.89. The molecule has 0 fully saturated rings. The second kappa shape index (κ2) is 5.39. The first-order valence-electron chi connectivity index (χ1n) is 5.44. The topological polar surface area (TPSA) is 60.2 Å². The molecule has 0 spiro atoms. The Labute approximate surface area is 97.2 Å². The van der Waals surface area contributed by atoms with Crippen molar-refractivity contribution in [1.29, 1.82) is 0 Å². The number of aromatic nitrogens is 1. The lowest BCUT2D eigenvalue weighted by atomic mass is 10.1. The highest BCUT2D eigenvalue weighted by atomic mass is 16.5. The van der Waals surface area contributed by atoms with Crippen molar-refractivity contribution in [3.8, 4) is 0 Å². The van der Waals surface area contributed by atoms with Crippen molar-refractivity contribution >= 4 is 0 Å². The fourth-order valence-electron chi connectivity index (χ4n) is 1.40. The zero-order valence-corrected chi connectivity index (χ0v) is 10.4. The summed E-state index contributed by atoms with van der Waals surface area (Å²) < 4.78 is 5.72. The summed E-state index contributed by atoms with van der Waals surface area (Å²) in [5.41, 5.74) is 4.85. The van der Waals surface area contributed by atoms with E-state index in [1.54, 1.807) is 6.20 Å². The molecular weight excluding hydrogens is 202 g/mol. The molecule has 0 saturated carbocycles. The predicted octanol–water partition coefficient (Wildman–Crippen LogP) is 1.71. The van der Waals surface area contributed by atoms with Gasteiger partial charge in [0.2, 0.25) is 0 Å². The van der Waals surface area contributed by atoms with E-state index in [0.29, 0.717) is 6.61 Å². The highest BCUT2D eigenvalue weighted by Crippen LogP contribution is 2.18. The van der Waals surface area contributed by atoms with Gasteiger partial charge in [-0.25, -0.2) is 0 Å². The van der Waals surface area contributed by atoms with Gasteiger partial charge in [0.25, 0.3) is 0 Å². The second-order valence-corrected chi connectivity index (χ2v) is 4.87. The zero-order valence-electron chi connectivity index (χ0n) is 10.4. The van der Waals surface area contributed by atoms with Crippen molar-refractivity contribution in [2.75, 3.05) is 6.61 Å². The molecule has 16 heavy (non-hydrogen) atoms. The fourth-order valence-corrected chi connectivity index (χ4v) is 1.40. The summed E-state index contributed by atoms with van der Waals surface area (Å²) in [5.74, 6) is 5.55. The Morgan fingerprint density at radius 1 is 1.50 bits per heavy atom. The molecular formula is C12H21N3O. The Balaban J connectivity index is 2.72. The lowest BCUT2D eigenvalue weighted by Crippen LogP contribution is -2.34. The number of ether oxygens (including phenoxy) is 1. The molecule has 90 valence electrons. The average Bonchev–Trinajstić information content (AvgIpc) is 2.20. The summed E-state index contributed by atoms with van der Waals surface area (Å²) in [6.45, 7) is 8.65. The molecule has 0 bridgehead atoms. The van der Waals surface area contributed by atoms with E-state index in [1.807, 2.05) is 40.0 Å². The molecule has 0 radical (unpaired) electrons. The minimum Gasteiger partial charge on any atom is -0.374 e. The molecule has 1 aromatic heterocycles. The minimum atomic E-state index is -0.161. The third-order valence-corrected chi connectivity index (χ3v) is 2.34. The van der Waals surface area contributed by atoms with Gasteiger partial charge in [-0.3, -0.25) is 16.3 Å². The normalized spacial score (nSPS) is 13.8. The largest absolute Gasteiger partial charge is 0.374 e. The summed E-state index contributed by atoms with van der Waals surface area (Å²) in [4.78, 5) is 4.11. The number of aryl methyl sites for hydroxylation is 1. The van der Waals surface area contributed by atoms with Gasteiger partial charge in [-0.15, -0.1) is 0 Å². The molecule has 0 aliphatic rings. The van der Waals surface area contributed by atoms with Crippen LogP contribution < -0.4 is 11.3 Å².